The molecule has 1 saturated carbocycles. The van der Waals surface area contributed by atoms with Crippen molar-refractivity contribution in [2.45, 2.75) is 44.2 Å². The summed E-state index contributed by atoms with van der Waals surface area (Å²) in [6.07, 6.45) is 7.56. The van der Waals surface area contributed by atoms with Gasteiger partial charge in [-0.25, -0.2) is 12.7 Å². The second-order valence-corrected chi connectivity index (χ2v) is 8.59. The minimum atomic E-state index is -3.03. The summed E-state index contributed by atoms with van der Waals surface area (Å²) in [5.74, 6) is 1.22. The molecule has 6 heteroatoms. The lowest BCUT2D eigenvalue weighted by Gasteiger charge is -2.32. The summed E-state index contributed by atoms with van der Waals surface area (Å²) in [4.78, 5) is 0. The van der Waals surface area contributed by atoms with Crippen LogP contribution in [0.15, 0.2) is 0 Å². The van der Waals surface area contributed by atoms with Gasteiger partial charge in [0.05, 0.1) is 12.4 Å². The third kappa shape index (κ3) is 3.53. The fourth-order valence-corrected chi connectivity index (χ4v) is 4.47. The molecule has 0 aromatic carbocycles. The lowest BCUT2D eigenvalue weighted by Crippen LogP contribution is -2.45. The molecule has 3 atom stereocenters. The van der Waals surface area contributed by atoms with Gasteiger partial charge in [0.15, 0.2) is 0 Å². The molecule has 0 radical (unpaired) electrons. The molecule has 2 heterocycles. The Bertz CT molecular complexity index is 436. The number of rotatable bonds is 5. The molecule has 1 N–H and O–H groups in total. The van der Waals surface area contributed by atoms with Crippen LogP contribution >= 0.6 is 0 Å². The van der Waals surface area contributed by atoms with Crippen LogP contribution < -0.4 is 5.32 Å². The second-order valence-electron chi connectivity index (χ2n) is 6.61. The van der Waals surface area contributed by atoms with Gasteiger partial charge in [-0.2, -0.15) is 0 Å². The number of ether oxygens (including phenoxy) is 1. The fraction of sp³-hybridized carbons (Fsp3) is 1.00. The normalized spacial score (nSPS) is 36.4. The van der Waals surface area contributed by atoms with Crippen LogP contribution in [0.1, 0.15) is 32.1 Å². The molecule has 3 aliphatic rings. The van der Waals surface area contributed by atoms with Gasteiger partial charge in [0.25, 0.3) is 0 Å². The van der Waals surface area contributed by atoms with Gasteiger partial charge in [-0.15, -0.1) is 0 Å². The van der Waals surface area contributed by atoms with Gasteiger partial charge in [0.1, 0.15) is 0 Å². The molecule has 2 saturated heterocycles. The van der Waals surface area contributed by atoms with Gasteiger partial charge >= 0.3 is 0 Å². The Labute approximate surface area is 122 Å². The van der Waals surface area contributed by atoms with Crippen LogP contribution in [0.2, 0.25) is 0 Å². The number of sulfonamides is 1. The van der Waals surface area contributed by atoms with Crippen molar-refractivity contribution in [2.24, 2.45) is 11.8 Å². The zero-order chi connectivity index (χ0) is 14.2. The summed E-state index contributed by atoms with van der Waals surface area (Å²) in [7, 11) is -3.03. The highest BCUT2D eigenvalue weighted by Gasteiger charge is 2.40. The first-order chi connectivity index (χ1) is 9.54. The average molecular weight is 302 g/mol. The van der Waals surface area contributed by atoms with E-state index in [1.165, 1.54) is 19.1 Å². The highest BCUT2D eigenvalue weighted by Crippen LogP contribution is 2.38. The number of nitrogens with one attached hydrogen (secondary N) is 1. The quantitative estimate of drug-likeness (QED) is 0.817. The maximum Gasteiger partial charge on any atom is 0.211 e. The fourth-order valence-electron chi connectivity index (χ4n) is 3.53. The lowest BCUT2D eigenvalue weighted by atomic mass is 9.98. The van der Waals surface area contributed by atoms with E-state index < -0.39 is 10.0 Å². The SMILES string of the molecule is CS(=O)(=O)N1CCCC(CNC2CCOC2C2CC2)C1. The van der Waals surface area contributed by atoms with E-state index in [-0.39, 0.29) is 0 Å². The van der Waals surface area contributed by atoms with Gasteiger partial charge in [-0.05, 0) is 50.5 Å². The van der Waals surface area contributed by atoms with E-state index in [0.717, 1.165) is 38.3 Å². The highest BCUT2D eigenvalue weighted by molar-refractivity contribution is 7.88. The third-order valence-electron chi connectivity index (χ3n) is 4.84. The molecule has 5 nitrogen and oxygen atoms in total. The predicted molar refractivity (Wildman–Crippen MR) is 78.0 cm³/mol. The molecule has 1 aliphatic carbocycles. The van der Waals surface area contributed by atoms with E-state index in [2.05, 4.69) is 5.32 Å². The van der Waals surface area contributed by atoms with Crippen molar-refractivity contribution >= 4 is 10.0 Å². The molecule has 116 valence electrons. The molecule has 2 aliphatic heterocycles. The molecule has 0 spiro atoms. The predicted octanol–water partition coefficient (Wildman–Crippen LogP) is 0.815. The zero-order valence-electron chi connectivity index (χ0n) is 12.3. The summed E-state index contributed by atoms with van der Waals surface area (Å²) in [6.45, 7) is 3.16. The lowest BCUT2D eigenvalue weighted by molar-refractivity contribution is 0.0796. The summed E-state index contributed by atoms with van der Waals surface area (Å²) >= 11 is 0. The summed E-state index contributed by atoms with van der Waals surface area (Å²) in [5.41, 5.74) is 0. The molecule has 3 fully saturated rings. The van der Waals surface area contributed by atoms with E-state index in [1.807, 2.05) is 0 Å². The maximum absolute atomic E-state index is 11.6. The molecule has 0 aromatic rings. The van der Waals surface area contributed by atoms with Gasteiger partial charge in [-0.1, -0.05) is 0 Å². The highest BCUT2D eigenvalue weighted by atomic mass is 32.2. The van der Waals surface area contributed by atoms with Crippen molar-refractivity contribution in [1.29, 1.82) is 0 Å². The van der Waals surface area contributed by atoms with Crippen LogP contribution in [0.25, 0.3) is 0 Å². The molecule has 3 rings (SSSR count). The monoisotopic (exact) mass is 302 g/mol. The Kier molecular flexibility index (Phi) is 4.36. The Morgan fingerprint density at radius 2 is 2.05 bits per heavy atom. The minimum absolute atomic E-state index is 0.407. The average Bonchev–Trinajstić information content (AvgIpc) is 3.15. The Hall–Kier alpha value is -0.170. The molecule has 0 aromatic heterocycles. The number of piperidine rings is 1. The van der Waals surface area contributed by atoms with Gasteiger partial charge in [-0.3, -0.25) is 0 Å². The Morgan fingerprint density at radius 3 is 2.75 bits per heavy atom. The van der Waals surface area contributed by atoms with E-state index in [4.69, 9.17) is 4.74 Å². The Morgan fingerprint density at radius 1 is 1.25 bits per heavy atom. The number of nitrogens with zero attached hydrogens (tertiary/aromatic N) is 1. The van der Waals surface area contributed by atoms with Crippen LogP contribution in [-0.4, -0.2) is 57.4 Å². The number of hydrogen-bond acceptors (Lipinski definition) is 4. The minimum Gasteiger partial charge on any atom is -0.376 e. The topological polar surface area (TPSA) is 58.6 Å². The maximum atomic E-state index is 11.6. The van der Waals surface area contributed by atoms with Gasteiger partial charge in [0.2, 0.25) is 10.0 Å². The summed E-state index contributed by atoms with van der Waals surface area (Å²) in [5, 5.41) is 3.65. The Balaban J connectivity index is 1.48. The molecule has 0 bridgehead atoms. The number of hydrogen-bond donors (Lipinski definition) is 1. The van der Waals surface area contributed by atoms with Crippen molar-refractivity contribution in [1.82, 2.24) is 9.62 Å². The summed E-state index contributed by atoms with van der Waals surface area (Å²) in [6, 6.07) is 0.483. The van der Waals surface area contributed by atoms with Gasteiger partial charge in [0, 0.05) is 25.7 Å². The first kappa shape index (κ1) is 14.8. The van der Waals surface area contributed by atoms with Crippen LogP contribution in [0.3, 0.4) is 0 Å². The molecular formula is C14H26N2O3S. The zero-order valence-corrected chi connectivity index (χ0v) is 13.1. The smallest absolute Gasteiger partial charge is 0.211 e. The van der Waals surface area contributed by atoms with Crippen molar-refractivity contribution in [3.8, 4) is 0 Å². The third-order valence-corrected chi connectivity index (χ3v) is 6.11. The molecule has 3 unspecified atom stereocenters. The second kappa shape index (κ2) is 5.91. The van der Waals surface area contributed by atoms with Crippen molar-refractivity contribution in [3.63, 3.8) is 0 Å². The van der Waals surface area contributed by atoms with Crippen molar-refractivity contribution in [2.75, 3.05) is 32.5 Å². The first-order valence-corrected chi connectivity index (χ1v) is 9.69. The first-order valence-electron chi connectivity index (χ1n) is 7.84. The van der Waals surface area contributed by atoms with Crippen LogP contribution in [0, 0.1) is 11.8 Å². The van der Waals surface area contributed by atoms with E-state index in [9.17, 15) is 8.42 Å². The molecular weight excluding hydrogens is 276 g/mol. The molecule has 20 heavy (non-hydrogen) atoms. The largest absolute Gasteiger partial charge is 0.376 e. The van der Waals surface area contributed by atoms with Gasteiger partial charge < -0.3 is 10.1 Å². The van der Waals surface area contributed by atoms with Crippen molar-refractivity contribution < 1.29 is 13.2 Å². The summed E-state index contributed by atoms with van der Waals surface area (Å²) < 4.78 is 30.7. The van der Waals surface area contributed by atoms with Crippen LogP contribution in [0.5, 0.6) is 0 Å². The van der Waals surface area contributed by atoms with Crippen LogP contribution in [0.4, 0.5) is 0 Å². The standard InChI is InChI=1S/C14H26N2O3S/c1-20(17,18)16-7-2-3-11(10-16)9-15-13-6-8-19-14(13)12-4-5-12/h11-15H,2-10H2,1H3. The molecule has 0 amide bonds. The van der Waals surface area contributed by atoms with E-state index in [0.29, 0.717) is 31.2 Å². The van der Waals surface area contributed by atoms with Crippen LogP contribution in [-0.2, 0) is 14.8 Å². The van der Waals surface area contributed by atoms with E-state index >= 15 is 0 Å². The van der Waals surface area contributed by atoms with Crippen molar-refractivity contribution in [3.05, 3.63) is 0 Å². The van der Waals surface area contributed by atoms with E-state index in [1.54, 1.807) is 4.31 Å².